The minimum absolute atomic E-state index is 0.00419. The summed E-state index contributed by atoms with van der Waals surface area (Å²) in [6.07, 6.45) is -27.6. The van der Waals surface area contributed by atoms with Crippen LogP contribution in [-0.4, -0.2) is 200 Å². The predicted molar refractivity (Wildman–Crippen MR) is 189 cm³/mol. The Morgan fingerprint density at radius 3 is 1.88 bits per heavy atom. The largest absolute Gasteiger partial charge is 0.571 e. The van der Waals surface area contributed by atoms with Crippen LogP contribution in [0.25, 0.3) is 6.08 Å². The fraction of sp³-hybridized carbons (Fsp3) is 0.556. The molecule has 0 aromatic heterocycles. The highest BCUT2D eigenvalue weighted by Gasteiger charge is 2.52. The summed E-state index contributed by atoms with van der Waals surface area (Å²) in [7, 11) is 0. The number of carbonyl (C=O) groups excluding carboxylic acids is 1. The SMILES string of the molecule is O=C(O)CC(=O)OC[C@@H]1O[C@@H](Oc2cc(O)c3c(c2)[OH+]C(c2ccc(O[C@@H]4O[C@H](CO)[C@@H](O)[C@H](O)[C@@H]4O)c(O)c2)C(O)=C3)[C@@H](O)[C@@H](O[C@@H]2O[C@H](CO)[C@@H](O)[C@H](O)[C@H]2O)[C@@H]1O. The lowest BCUT2D eigenvalue weighted by atomic mass is 9.97. The number of aliphatic hydroxyl groups excluding tert-OH is 11. The Morgan fingerprint density at radius 2 is 1.27 bits per heavy atom. The summed E-state index contributed by atoms with van der Waals surface area (Å²) >= 11 is 0. The van der Waals surface area contributed by atoms with Gasteiger partial charge in [0.1, 0.15) is 103 Å². The number of aliphatic carboxylic acids is 1. The van der Waals surface area contributed by atoms with Gasteiger partial charge in [0, 0.05) is 12.1 Å². The molecule has 2 aromatic carbocycles. The Balaban J connectivity index is 1.21. The number of hydrogen-bond donors (Lipinski definition) is 14. The summed E-state index contributed by atoms with van der Waals surface area (Å²) in [5.74, 6) is -4.77. The number of esters is 1. The zero-order valence-corrected chi connectivity index (χ0v) is 30.9. The van der Waals surface area contributed by atoms with E-state index in [4.69, 9.17) is 38.3 Å². The molecule has 60 heavy (non-hydrogen) atoms. The third kappa shape index (κ3) is 9.31. The molecule has 0 spiro atoms. The highest BCUT2D eigenvalue weighted by molar-refractivity contribution is 5.90. The van der Waals surface area contributed by atoms with E-state index in [2.05, 4.69) is 4.74 Å². The molecule has 0 aliphatic carbocycles. The van der Waals surface area contributed by atoms with Gasteiger partial charge in [-0.15, -0.1) is 0 Å². The van der Waals surface area contributed by atoms with Crippen molar-refractivity contribution in [2.24, 2.45) is 0 Å². The quantitative estimate of drug-likeness (QED) is 0.0510. The van der Waals surface area contributed by atoms with Gasteiger partial charge in [-0.2, -0.15) is 0 Å². The van der Waals surface area contributed by atoms with Crippen molar-refractivity contribution in [1.82, 2.24) is 0 Å². The first-order valence-electron chi connectivity index (χ1n) is 18.2. The number of benzene rings is 2. The van der Waals surface area contributed by atoms with E-state index in [0.717, 1.165) is 18.2 Å². The van der Waals surface area contributed by atoms with E-state index in [1.165, 1.54) is 18.2 Å². The van der Waals surface area contributed by atoms with Gasteiger partial charge in [0.15, 0.2) is 23.5 Å². The highest BCUT2D eigenvalue weighted by Crippen LogP contribution is 2.45. The van der Waals surface area contributed by atoms with Gasteiger partial charge in [0.05, 0.1) is 24.8 Å². The second-order valence-corrected chi connectivity index (χ2v) is 14.2. The van der Waals surface area contributed by atoms with Crippen molar-refractivity contribution in [3.05, 3.63) is 47.2 Å². The predicted octanol–water partition coefficient (Wildman–Crippen LogP) is -4.80. The first-order valence-corrected chi connectivity index (χ1v) is 18.2. The number of carboxylic acids is 1. The number of hydrogen-bond acceptors (Lipinski definition) is 22. The number of phenolic OH excluding ortho intramolecular Hbond substituents is 2. The monoisotopic (exact) mass is 861 g/mol. The standard InChI is InChI=1S/C36H44O24/c37-8-19-24(45)27(48)29(50)34(57-19)56-17-2-1-11(3-15(17)40)32-16(41)6-13-14(39)4-12(5-18(13)55-32)54-36-31(52)33(26(47)21(59-36)10-53-23(44)7-22(42)43)60-35-30(51)28(49)25(46)20(9-38)58-35/h1-6,19-21,24-41,45-52H,7-10H2,(H,42,43)/p+1/t19-,20-,21+,24-,25-,26-,27+,28+,29+,30-,31+,32?,33+,34-,35+,36-/m1/s1. The molecule has 24 nitrogen and oxygen atoms in total. The normalized spacial score (nSPS) is 36.6. The molecule has 24 heteroatoms. The Kier molecular flexibility index (Phi) is 13.9. The lowest BCUT2D eigenvalue weighted by Crippen LogP contribution is -2.65. The molecule has 0 amide bonds. The summed E-state index contributed by atoms with van der Waals surface area (Å²) in [4.78, 5) is 23.0. The average molecular weight is 862 g/mol. The Hall–Kier alpha value is -4.64. The fourth-order valence-electron chi connectivity index (χ4n) is 6.81. The number of fused-ring (bicyclic) bond motifs is 1. The van der Waals surface area contributed by atoms with Crippen molar-refractivity contribution >= 4 is 18.0 Å². The van der Waals surface area contributed by atoms with Crippen LogP contribution in [0.5, 0.6) is 28.7 Å². The first kappa shape index (κ1) is 44.9. The number of carboxylic acid groups (broad SMARTS) is 1. The van der Waals surface area contributed by atoms with Gasteiger partial charge in [-0.25, -0.2) is 0 Å². The van der Waals surface area contributed by atoms with Crippen molar-refractivity contribution < 1.29 is 119 Å². The highest BCUT2D eigenvalue weighted by atomic mass is 16.7. The van der Waals surface area contributed by atoms with Gasteiger partial charge < -0.3 is 109 Å². The summed E-state index contributed by atoms with van der Waals surface area (Å²) in [6, 6.07) is 5.98. The molecule has 4 aliphatic rings. The molecule has 0 bridgehead atoms. The second kappa shape index (κ2) is 18.5. The van der Waals surface area contributed by atoms with Crippen LogP contribution >= 0.6 is 0 Å². The molecule has 332 valence electrons. The van der Waals surface area contributed by atoms with Crippen LogP contribution in [0, 0.1) is 0 Å². The number of ether oxygens (including phenoxy) is 8. The van der Waals surface area contributed by atoms with Crippen LogP contribution in [0.3, 0.4) is 0 Å². The Morgan fingerprint density at radius 1 is 0.667 bits per heavy atom. The fourth-order valence-corrected chi connectivity index (χ4v) is 6.81. The van der Waals surface area contributed by atoms with Gasteiger partial charge in [0.25, 0.3) is 11.9 Å². The minimum atomic E-state index is -2.02. The van der Waals surface area contributed by atoms with E-state index in [1.807, 2.05) is 0 Å². The van der Waals surface area contributed by atoms with Crippen molar-refractivity contribution in [3.8, 4) is 28.7 Å². The molecule has 4 heterocycles. The maximum absolute atomic E-state index is 12.0. The molecule has 3 saturated heterocycles. The molecular weight excluding hydrogens is 816 g/mol. The van der Waals surface area contributed by atoms with E-state index in [0.29, 0.717) is 0 Å². The second-order valence-electron chi connectivity index (χ2n) is 14.2. The molecule has 3 fully saturated rings. The minimum Gasteiger partial charge on any atom is -0.571 e. The maximum atomic E-state index is 12.0. The third-order valence-corrected chi connectivity index (χ3v) is 10.1. The zero-order valence-electron chi connectivity index (χ0n) is 30.9. The zero-order chi connectivity index (χ0) is 43.7. The van der Waals surface area contributed by atoms with E-state index in [-0.39, 0.29) is 28.4 Å². The maximum Gasteiger partial charge on any atom is 0.317 e. The van der Waals surface area contributed by atoms with Crippen LogP contribution in [0.2, 0.25) is 0 Å². The van der Waals surface area contributed by atoms with Gasteiger partial charge in [0.2, 0.25) is 12.6 Å². The van der Waals surface area contributed by atoms with Crippen molar-refractivity contribution in [2.45, 2.75) is 105 Å². The number of aromatic hydroxyl groups is 3. The van der Waals surface area contributed by atoms with Crippen LogP contribution in [0.15, 0.2) is 36.1 Å². The summed E-state index contributed by atoms with van der Waals surface area (Å²) < 4.78 is 42.6. The first-order chi connectivity index (χ1) is 28.4. The van der Waals surface area contributed by atoms with Gasteiger partial charge in [-0.3, -0.25) is 9.59 Å². The molecule has 4 aliphatic heterocycles. The van der Waals surface area contributed by atoms with Crippen molar-refractivity contribution in [2.75, 3.05) is 19.8 Å². The van der Waals surface area contributed by atoms with Crippen LogP contribution in [-0.2, 0) is 33.3 Å². The van der Waals surface area contributed by atoms with Crippen LogP contribution in [0.1, 0.15) is 23.7 Å². The average Bonchev–Trinajstić information content (AvgIpc) is 3.20. The molecule has 0 saturated carbocycles. The topological polar surface area (TPSA) is 395 Å². The van der Waals surface area contributed by atoms with Gasteiger partial charge in [-0.05, 0) is 18.2 Å². The van der Waals surface area contributed by atoms with E-state index in [9.17, 15) is 76.0 Å². The molecule has 1 unspecified atom stereocenters. The number of phenols is 2. The molecule has 15 N–H and O–H groups in total. The van der Waals surface area contributed by atoms with E-state index >= 15 is 0 Å². The van der Waals surface area contributed by atoms with Crippen molar-refractivity contribution in [3.63, 3.8) is 0 Å². The molecular formula is C36H45O24+. The lowest BCUT2D eigenvalue weighted by Gasteiger charge is -2.46. The van der Waals surface area contributed by atoms with E-state index in [1.54, 1.807) is 0 Å². The molecule has 6 rings (SSSR count). The summed E-state index contributed by atoms with van der Waals surface area (Å²) in [5, 5.41) is 144. The molecule has 16 atom stereocenters. The summed E-state index contributed by atoms with van der Waals surface area (Å²) in [6.45, 7) is -2.39. The Labute approximate surface area is 337 Å². The number of carbonyl (C=O) groups is 2. The van der Waals surface area contributed by atoms with Crippen LogP contribution < -0.4 is 9.47 Å². The van der Waals surface area contributed by atoms with Crippen molar-refractivity contribution in [1.29, 1.82) is 0 Å². The number of rotatable bonds is 13. The van der Waals surface area contributed by atoms with E-state index < -0.39 is 154 Å². The Bertz CT molecular complexity index is 1870. The van der Waals surface area contributed by atoms with Gasteiger partial charge >= 0.3 is 11.9 Å². The molecule has 0 radical (unpaired) electrons. The summed E-state index contributed by atoms with van der Waals surface area (Å²) in [5.41, 5.74) is 0.155. The number of aliphatic hydroxyl groups is 12. The van der Waals surface area contributed by atoms with Gasteiger partial charge in [-0.1, -0.05) is 0 Å². The lowest BCUT2D eigenvalue weighted by molar-refractivity contribution is -0.353. The molecule has 2 aromatic rings. The third-order valence-electron chi connectivity index (χ3n) is 10.1. The van der Waals surface area contributed by atoms with Crippen LogP contribution in [0.4, 0.5) is 0 Å². The smallest absolute Gasteiger partial charge is 0.317 e.